The van der Waals surface area contributed by atoms with E-state index in [1.54, 1.807) is 0 Å². The molecule has 2 aliphatic rings. The molecule has 0 spiro atoms. The summed E-state index contributed by atoms with van der Waals surface area (Å²) in [5, 5.41) is 4.35. The molecule has 2 saturated heterocycles. The van der Waals surface area contributed by atoms with Crippen LogP contribution < -0.4 is 5.32 Å². The molecule has 0 aliphatic carbocycles. The molecular weight excluding hydrogens is 344 g/mol. The van der Waals surface area contributed by atoms with Crippen LogP contribution >= 0.6 is 23.7 Å². The summed E-state index contributed by atoms with van der Waals surface area (Å²) in [5.74, 6) is 0.257. The van der Waals surface area contributed by atoms with Gasteiger partial charge in [0.15, 0.2) is 0 Å². The number of piperidine rings is 1. The Labute approximate surface area is 155 Å². The second-order valence-corrected chi connectivity index (χ2v) is 8.78. The second kappa shape index (κ2) is 8.13. The van der Waals surface area contributed by atoms with Crippen LogP contribution in [0.3, 0.4) is 0 Å². The number of carbonyl (C=O) groups is 1. The molecule has 3 heterocycles. The molecule has 24 heavy (non-hydrogen) atoms. The lowest BCUT2D eigenvalue weighted by atomic mass is 9.96. The smallest absolute Gasteiger partial charge is 0.236 e. The zero-order valence-corrected chi connectivity index (χ0v) is 16.5. The summed E-state index contributed by atoms with van der Waals surface area (Å²) in [6.45, 7) is 12.0. The van der Waals surface area contributed by atoms with E-state index in [1.165, 1.54) is 16.3 Å². The average molecular weight is 373 g/mol. The first kappa shape index (κ1) is 19.6. The molecule has 1 aromatic rings. The molecule has 7 heteroatoms. The normalized spacial score (nSPS) is 23.2. The van der Waals surface area contributed by atoms with Crippen LogP contribution in [0.4, 0.5) is 0 Å². The molecule has 3 rings (SSSR count). The number of rotatable bonds is 3. The number of aromatic nitrogens is 1. The second-order valence-electron chi connectivity index (χ2n) is 7.66. The first-order valence-electron chi connectivity index (χ1n) is 8.61. The number of amides is 1. The van der Waals surface area contributed by atoms with E-state index in [0.717, 1.165) is 39.1 Å². The van der Waals surface area contributed by atoms with Crippen LogP contribution in [-0.4, -0.2) is 59.5 Å². The van der Waals surface area contributed by atoms with Gasteiger partial charge < -0.3 is 10.2 Å². The highest BCUT2D eigenvalue weighted by molar-refractivity contribution is 7.11. The minimum Gasteiger partial charge on any atom is -0.336 e. The number of carbonyl (C=O) groups excluding carboxylic acids is 1. The fourth-order valence-electron chi connectivity index (χ4n) is 3.36. The van der Waals surface area contributed by atoms with Crippen LogP contribution in [0.15, 0.2) is 6.20 Å². The summed E-state index contributed by atoms with van der Waals surface area (Å²) < 4.78 is 0. The molecule has 1 aromatic heterocycles. The third-order valence-corrected chi connectivity index (χ3v) is 6.11. The maximum absolute atomic E-state index is 12.1. The van der Waals surface area contributed by atoms with Crippen LogP contribution in [0.2, 0.25) is 0 Å². The maximum Gasteiger partial charge on any atom is 0.236 e. The fraction of sp³-hybridized carbons (Fsp3) is 0.765. The van der Waals surface area contributed by atoms with E-state index in [2.05, 4.69) is 40.9 Å². The van der Waals surface area contributed by atoms with Crippen LogP contribution in [0.25, 0.3) is 0 Å². The van der Waals surface area contributed by atoms with E-state index in [-0.39, 0.29) is 23.7 Å². The number of nitrogens with one attached hydrogen (secondary N) is 1. The molecule has 1 N–H and O–H groups in total. The van der Waals surface area contributed by atoms with E-state index < -0.39 is 0 Å². The summed E-state index contributed by atoms with van der Waals surface area (Å²) in [5.41, 5.74) is 0.174. The average Bonchev–Trinajstić information content (AvgIpc) is 2.97. The Kier molecular flexibility index (Phi) is 6.65. The van der Waals surface area contributed by atoms with Crippen LogP contribution in [0, 0.1) is 0 Å². The Morgan fingerprint density at radius 2 is 2.17 bits per heavy atom. The van der Waals surface area contributed by atoms with E-state index in [9.17, 15) is 4.79 Å². The summed E-state index contributed by atoms with van der Waals surface area (Å²) in [7, 11) is 0. The molecule has 5 nitrogen and oxygen atoms in total. The molecule has 1 amide bonds. The highest BCUT2D eigenvalue weighted by Gasteiger charge is 2.30. The fourth-order valence-corrected chi connectivity index (χ4v) is 4.38. The third kappa shape index (κ3) is 4.69. The topological polar surface area (TPSA) is 48.5 Å². The van der Waals surface area contributed by atoms with Gasteiger partial charge in [-0.15, -0.1) is 23.7 Å². The van der Waals surface area contributed by atoms with Crippen LogP contribution in [0.1, 0.15) is 43.5 Å². The standard InChI is InChI=1S/C17H28N4OS.ClH/c1-17(2,3)14-9-19-15(23-14)12-20-7-4-5-13(11-20)21-8-6-18-10-16(21)22;/h9,13,18H,4-8,10-12H2,1-3H3;1H. The van der Waals surface area contributed by atoms with Gasteiger partial charge in [-0.25, -0.2) is 4.98 Å². The van der Waals surface area contributed by atoms with Crippen LogP contribution in [-0.2, 0) is 16.8 Å². The van der Waals surface area contributed by atoms with Crippen molar-refractivity contribution in [1.29, 1.82) is 0 Å². The number of hydrogen-bond acceptors (Lipinski definition) is 5. The molecule has 0 radical (unpaired) electrons. The van der Waals surface area contributed by atoms with Gasteiger partial charge >= 0.3 is 0 Å². The van der Waals surface area contributed by atoms with Crippen molar-refractivity contribution in [3.05, 3.63) is 16.1 Å². The van der Waals surface area contributed by atoms with Crippen molar-refractivity contribution in [1.82, 2.24) is 20.1 Å². The quantitative estimate of drug-likeness (QED) is 0.884. The lowest BCUT2D eigenvalue weighted by Crippen LogP contribution is -2.56. The minimum absolute atomic E-state index is 0. The van der Waals surface area contributed by atoms with E-state index >= 15 is 0 Å². The van der Waals surface area contributed by atoms with Gasteiger partial charge in [0.1, 0.15) is 5.01 Å². The van der Waals surface area contributed by atoms with Crippen molar-refractivity contribution in [3.8, 4) is 0 Å². The minimum atomic E-state index is 0. The van der Waals surface area contributed by atoms with Crippen LogP contribution in [0.5, 0.6) is 0 Å². The van der Waals surface area contributed by atoms with Gasteiger partial charge in [0.25, 0.3) is 0 Å². The highest BCUT2D eigenvalue weighted by atomic mass is 35.5. The molecule has 2 fully saturated rings. The lowest BCUT2D eigenvalue weighted by Gasteiger charge is -2.40. The number of halogens is 1. The molecule has 136 valence electrons. The Morgan fingerprint density at radius 1 is 1.38 bits per heavy atom. The zero-order chi connectivity index (χ0) is 16.4. The van der Waals surface area contributed by atoms with Gasteiger partial charge in [0.05, 0.1) is 13.1 Å². The number of hydrogen-bond donors (Lipinski definition) is 1. The molecular formula is C17H29ClN4OS. The summed E-state index contributed by atoms with van der Waals surface area (Å²) in [4.78, 5) is 22.6. The first-order chi connectivity index (χ1) is 10.9. The summed E-state index contributed by atoms with van der Waals surface area (Å²) in [6, 6.07) is 0.375. The number of likely N-dealkylation sites (tertiary alicyclic amines) is 1. The van der Waals surface area contributed by atoms with Crippen molar-refractivity contribution in [2.45, 2.75) is 51.6 Å². The van der Waals surface area contributed by atoms with Gasteiger partial charge in [-0.2, -0.15) is 0 Å². The number of nitrogens with zero attached hydrogens (tertiary/aromatic N) is 3. The van der Waals surface area contributed by atoms with Gasteiger partial charge in [-0.1, -0.05) is 20.8 Å². The number of thiazole rings is 1. The van der Waals surface area contributed by atoms with E-state index in [4.69, 9.17) is 0 Å². The highest BCUT2D eigenvalue weighted by Crippen LogP contribution is 2.29. The lowest BCUT2D eigenvalue weighted by molar-refractivity contribution is -0.135. The Balaban J connectivity index is 0.00000208. The van der Waals surface area contributed by atoms with E-state index in [0.29, 0.717) is 12.6 Å². The zero-order valence-electron chi connectivity index (χ0n) is 14.9. The first-order valence-corrected chi connectivity index (χ1v) is 9.43. The van der Waals surface area contributed by atoms with Crippen molar-refractivity contribution in [2.24, 2.45) is 0 Å². The van der Waals surface area contributed by atoms with E-state index in [1.807, 2.05) is 17.5 Å². The third-order valence-electron chi connectivity index (χ3n) is 4.70. The Hall–Kier alpha value is -0.690. The largest absolute Gasteiger partial charge is 0.336 e. The molecule has 0 saturated carbocycles. The SMILES string of the molecule is CC(C)(C)c1cnc(CN2CCCC(N3CCNCC3=O)C2)s1.Cl. The summed E-state index contributed by atoms with van der Waals surface area (Å²) >= 11 is 1.83. The van der Waals surface area contributed by atoms with Gasteiger partial charge in [0, 0.05) is 36.8 Å². The molecule has 1 unspecified atom stereocenters. The predicted molar refractivity (Wildman–Crippen MR) is 101 cm³/mol. The Morgan fingerprint density at radius 3 is 2.83 bits per heavy atom. The number of piperazine rings is 1. The maximum atomic E-state index is 12.1. The van der Waals surface area contributed by atoms with Crippen molar-refractivity contribution in [3.63, 3.8) is 0 Å². The monoisotopic (exact) mass is 372 g/mol. The Bertz CT molecular complexity index is 557. The summed E-state index contributed by atoms with van der Waals surface area (Å²) in [6.07, 6.45) is 4.33. The molecule has 2 aliphatic heterocycles. The molecule has 0 bridgehead atoms. The van der Waals surface area contributed by atoms with Crippen molar-refractivity contribution >= 4 is 29.7 Å². The van der Waals surface area contributed by atoms with Gasteiger partial charge in [-0.3, -0.25) is 9.69 Å². The molecule has 0 aromatic carbocycles. The van der Waals surface area contributed by atoms with Crippen molar-refractivity contribution in [2.75, 3.05) is 32.7 Å². The van der Waals surface area contributed by atoms with Crippen molar-refractivity contribution < 1.29 is 4.79 Å². The predicted octanol–water partition coefficient (Wildman–Crippen LogP) is 2.26. The molecule has 1 atom stereocenters. The van der Waals surface area contributed by atoms with Gasteiger partial charge in [0.2, 0.25) is 5.91 Å². The van der Waals surface area contributed by atoms with Gasteiger partial charge in [-0.05, 0) is 24.8 Å².